The number of halogens is 1. The first-order valence-electron chi connectivity index (χ1n) is 9.65. The van der Waals surface area contributed by atoms with Crippen LogP contribution in [0.25, 0.3) is 10.1 Å². The lowest BCUT2D eigenvalue weighted by Gasteiger charge is -2.13. The highest BCUT2D eigenvalue weighted by molar-refractivity contribution is 7.92. The first kappa shape index (κ1) is 21.0. The predicted octanol–water partition coefficient (Wildman–Crippen LogP) is 4.99. The molecule has 0 atom stereocenters. The summed E-state index contributed by atoms with van der Waals surface area (Å²) >= 11 is 7.55. The summed E-state index contributed by atoms with van der Waals surface area (Å²) in [5, 5.41) is 1.06. The number of hydrogen-bond donors (Lipinski definition) is 1. The maximum absolute atomic E-state index is 12.8. The SMILES string of the molecule is CCOc1ccc(S(=O)(=O)Nc2ccc3sc(C(=O)N4CCCC4)cc3c2)cc1Cl. The molecule has 2 aromatic carbocycles. The number of hydrogen-bond acceptors (Lipinski definition) is 5. The summed E-state index contributed by atoms with van der Waals surface area (Å²) in [5.41, 5.74) is 0.422. The van der Waals surface area contributed by atoms with Crippen molar-refractivity contribution in [1.82, 2.24) is 4.90 Å². The van der Waals surface area contributed by atoms with Crippen molar-refractivity contribution in [2.24, 2.45) is 0 Å². The molecule has 0 aliphatic carbocycles. The van der Waals surface area contributed by atoms with Gasteiger partial charge >= 0.3 is 0 Å². The first-order chi connectivity index (χ1) is 14.4. The second-order valence-corrected chi connectivity index (χ2v) is 10.2. The second kappa shape index (κ2) is 8.45. The van der Waals surface area contributed by atoms with E-state index in [0.717, 1.165) is 36.0 Å². The highest BCUT2D eigenvalue weighted by atomic mass is 35.5. The van der Waals surface area contributed by atoms with Crippen LogP contribution in [0.4, 0.5) is 5.69 Å². The molecule has 30 heavy (non-hydrogen) atoms. The molecule has 1 aromatic heterocycles. The van der Waals surface area contributed by atoms with E-state index in [9.17, 15) is 13.2 Å². The van der Waals surface area contributed by atoms with Crippen LogP contribution in [0.3, 0.4) is 0 Å². The van der Waals surface area contributed by atoms with Crippen molar-refractivity contribution in [3.63, 3.8) is 0 Å². The van der Waals surface area contributed by atoms with E-state index in [0.29, 0.717) is 22.9 Å². The Hall–Kier alpha value is -2.29. The van der Waals surface area contributed by atoms with Crippen molar-refractivity contribution < 1.29 is 17.9 Å². The standard InChI is InChI=1S/C21H21ClN2O4S2/c1-2-28-18-7-6-16(13-17(18)22)30(26,27)23-15-5-8-19-14(11-15)12-20(29-19)21(25)24-9-3-4-10-24/h5-8,11-13,23H,2-4,9-10H2,1H3. The number of carbonyl (C=O) groups is 1. The number of nitrogens with zero attached hydrogens (tertiary/aromatic N) is 1. The van der Waals surface area contributed by atoms with Crippen LogP contribution in [0.2, 0.25) is 5.02 Å². The van der Waals surface area contributed by atoms with Crippen molar-refractivity contribution >= 4 is 54.6 Å². The van der Waals surface area contributed by atoms with E-state index in [4.69, 9.17) is 16.3 Å². The zero-order chi connectivity index (χ0) is 21.3. The Bertz CT molecular complexity index is 1200. The Kier molecular flexibility index (Phi) is 5.90. The van der Waals surface area contributed by atoms with Crippen LogP contribution in [-0.2, 0) is 10.0 Å². The van der Waals surface area contributed by atoms with Gasteiger partial charge in [0.15, 0.2) is 0 Å². The van der Waals surface area contributed by atoms with Crippen LogP contribution < -0.4 is 9.46 Å². The molecule has 2 heterocycles. The van der Waals surface area contributed by atoms with Crippen LogP contribution in [0.15, 0.2) is 47.4 Å². The number of anilines is 1. The zero-order valence-corrected chi connectivity index (χ0v) is 18.7. The third kappa shape index (κ3) is 4.26. The molecule has 0 saturated carbocycles. The van der Waals surface area contributed by atoms with Crippen LogP contribution >= 0.6 is 22.9 Å². The normalized spacial score (nSPS) is 14.3. The summed E-state index contributed by atoms with van der Waals surface area (Å²) in [6, 6.07) is 11.4. The molecule has 4 rings (SSSR count). The van der Waals surface area contributed by atoms with Crippen molar-refractivity contribution in [3.05, 3.63) is 52.4 Å². The maximum Gasteiger partial charge on any atom is 0.263 e. The van der Waals surface area contributed by atoms with E-state index < -0.39 is 10.0 Å². The van der Waals surface area contributed by atoms with E-state index in [1.807, 2.05) is 24.0 Å². The van der Waals surface area contributed by atoms with Crippen molar-refractivity contribution in [2.45, 2.75) is 24.7 Å². The summed E-state index contributed by atoms with van der Waals surface area (Å²) in [5.74, 6) is 0.480. The van der Waals surface area contributed by atoms with Crippen LogP contribution in [0, 0.1) is 0 Å². The van der Waals surface area contributed by atoms with Gasteiger partial charge in [-0.05, 0) is 67.6 Å². The lowest BCUT2D eigenvalue weighted by Crippen LogP contribution is -2.26. The molecule has 1 amide bonds. The number of rotatable bonds is 6. The van der Waals surface area contributed by atoms with Crippen LogP contribution in [0.1, 0.15) is 29.4 Å². The molecule has 1 saturated heterocycles. The Labute approximate surface area is 184 Å². The Morgan fingerprint density at radius 3 is 2.63 bits per heavy atom. The summed E-state index contributed by atoms with van der Waals surface area (Å²) in [7, 11) is -3.82. The maximum atomic E-state index is 12.8. The number of likely N-dealkylation sites (tertiary alicyclic amines) is 1. The molecule has 158 valence electrons. The van der Waals surface area contributed by atoms with Gasteiger partial charge in [-0.25, -0.2) is 8.42 Å². The molecular formula is C21H21ClN2O4S2. The average Bonchev–Trinajstić information content (AvgIpc) is 3.38. The molecule has 1 aliphatic heterocycles. The summed E-state index contributed by atoms with van der Waals surface area (Å²) in [4.78, 5) is 15.2. The van der Waals surface area contributed by atoms with E-state index in [1.54, 1.807) is 18.2 Å². The molecular weight excluding hydrogens is 444 g/mol. The quantitative estimate of drug-likeness (QED) is 0.557. The fraction of sp³-hybridized carbons (Fsp3) is 0.286. The lowest BCUT2D eigenvalue weighted by molar-refractivity contribution is 0.0797. The van der Waals surface area contributed by atoms with Crippen molar-refractivity contribution in [1.29, 1.82) is 0 Å². The number of carbonyl (C=O) groups excluding carboxylic acids is 1. The fourth-order valence-electron chi connectivity index (χ4n) is 3.42. The smallest absolute Gasteiger partial charge is 0.263 e. The second-order valence-electron chi connectivity index (χ2n) is 6.99. The zero-order valence-electron chi connectivity index (χ0n) is 16.4. The third-order valence-corrected chi connectivity index (χ3v) is 7.66. The monoisotopic (exact) mass is 464 g/mol. The molecule has 1 N–H and O–H groups in total. The van der Waals surface area contributed by atoms with E-state index in [-0.39, 0.29) is 15.8 Å². The molecule has 0 radical (unpaired) electrons. The summed E-state index contributed by atoms with van der Waals surface area (Å²) in [6.45, 7) is 3.85. The lowest BCUT2D eigenvalue weighted by atomic mass is 10.2. The number of ether oxygens (including phenoxy) is 1. The largest absolute Gasteiger partial charge is 0.492 e. The Morgan fingerprint density at radius 1 is 1.17 bits per heavy atom. The number of benzene rings is 2. The van der Waals surface area contributed by atoms with Gasteiger partial charge < -0.3 is 9.64 Å². The minimum absolute atomic E-state index is 0.0415. The van der Waals surface area contributed by atoms with Gasteiger partial charge in [0.2, 0.25) is 0 Å². The average molecular weight is 465 g/mol. The number of thiophene rings is 1. The minimum atomic E-state index is -3.82. The molecule has 1 fully saturated rings. The molecule has 0 unspecified atom stereocenters. The molecule has 0 bridgehead atoms. The van der Waals surface area contributed by atoms with Crippen molar-refractivity contribution in [3.8, 4) is 5.75 Å². The first-order valence-corrected chi connectivity index (χ1v) is 12.3. The predicted molar refractivity (Wildman–Crippen MR) is 120 cm³/mol. The number of sulfonamides is 1. The minimum Gasteiger partial charge on any atom is -0.492 e. The van der Waals surface area contributed by atoms with Crippen LogP contribution in [-0.4, -0.2) is 38.9 Å². The van der Waals surface area contributed by atoms with E-state index in [1.165, 1.54) is 23.5 Å². The highest BCUT2D eigenvalue weighted by Gasteiger charge is 2.22. The molecule has 0 spiro atoms. The molecule has 3 aromatic rings. The topological polar surface area (TPSA) is 75.7 Å². The number of fused-ring (bicyclic) bond motifs is 1. The van der Waals surface area contributed by atoms with Crippen molar-refractivity contribution in [2.75, 3.05) is 24.4 Å². The van der Waals surface area contributed by atoms with Gasteiger partial charge in [0, 0.05) is 23.5 Å². The number of nitrogens with one attached hydrogen (secondary N) is 1. The van der Waals surface area contributed by atoms with E-state index in [2.05, 4.69) is 4.72 Å². The van der Waals surface area contributed by atoms with Crippen LogP contribution in [0.5, 0.6) is 5.75 Å². The van der Waals surface area contributed by atoms with Gasteiger partial charge in [0.1, 0.15) is 5.75 Å². The Balaban J connectivity index is 1.57. The number of amides is 1. The Morgan fingerprint density at radius 2 is 1.93 bits per heavy atom. The van der Waals surface area contributed by atoms with Gasteiger partial charge in [0.25, 0.3) is 15.9 Å². The third-order valence-electron chi connectivity index (χ3n) is 4.89. The highest BCUT2D eigenvalue weighted by Crippen LogP contribution is 2.32. The fourth-order valence-corrected chi connectivity index (χ4v) is 5.81. The summed E-state index contributed by atoms with van der Waals surface area (Å²) < 4.78 is 34.4. The summed E-state index contributed by atoms with van der Waals surface area (Å²) in [6.07, 6.45) is 2.08. The molecule has 6 nitrogen and oxygen atoms in total. The van der Waals surface area contributed by atoms with Gasteiger partial charge in [-0.1, -0.05) is 11.6 Å². The molecule has 1 aliphatic rings. The van der Waals surface area contributed by atoms with Gasteiger partial charge in [0.05, 0.1) is 21.4 Å². The van der Waals surface area contributed by atoms with Gasteiger partial charge in [-0.15, -0.1) is 11.3 Å². The molecule has 9 heteroatoms. The van der Waals surface area contributed by atoms with Gasteiger partial charge in [-0.2, -0.15) is 0 Å². The van der Waals surface area contributed by atoms with Gasteiger partial charge in [-0.3, -0.25) is 9.52 Å². The van der Waals surface area contributed by atoms with E-state index >= 15 is 0 Å².